The summed E-state index contributed by atoms with van der Waals surface area (Å²) < 4.78 is 18.4. The quantitative estimate of drug-likeness (QED) is 0.773. The second-order valence-electron chi connectivity index (χ2n) is 4.03. The first kappa shape index (κ1) is 12.8. The maximum atomic E-state index is 12.8. The highest BCUT2D eigenvalue weighted by Crippen LogP contribution is 2.22. The molecule has 3 nitrogen and oxygen atoms in total. The molecule has 0 spiro atoms. The van der Waals surface area contributed by atoms with Gasteiger partial charge < -0.3 is 14.8 Å². The molecule has 1 aromatic heterocycles. The van der Waals surface area contributed by atoms with Gasteiger partial charge in [-0.2, -0.15) is 0 Å². The molecule has 1 aromatic carbocycles. The normalized spacial score (nSPS) is 10.8. The van der Waals surface area contributed by atoms with Crippen LogP contribution in [-0.2, 0) is 6.54 Å². The molecule has 0 unspecified atom stereocenters. The minimum Gasteiger partial charge on any atom is -0.460 e. The smallest absolute Gasteiger partial charge is 0.134 e. The molecule has 0 amide bonds. The number of hydrogen-bond donors (Lipinski definition) is 2. The van der Waals surface area contributed by atoms with Crippen LogP contribution < -0.4 is 5.32 Å². The summed E-state index contributed by atoms with van der Waals surface area (Å²) in [6, 6.07) is 9.98. The minimum absolute atomic E-state index is 0.186. The maximum absolute atomic E-state index is 12.8. The van der Waals surface area contributed by atoms with Gasteiger partial charge in [-0.15, -0.1) is 0 Å². The van der Waals surface area contributed by atoms with Crippen molar-refractivity contribution >= 4 is 0 Å². The van der Waals surface area contributed by atoms with E-state index >= 15 is 0 Å². The number of hydrogen-bond acceptors (Lipinski definition) is 3. The predicted octanol–water partition coefficient (Wildman–Crippen LogP) is 2.56. The Balaban J connectivity index is 1.95. The van der Waals surface area contributed by atoms with Crippen molar-refractivity contribution in [3.63, 3.8) is 0 Å². The van der Waals surface area contributed by atoms with Crippen LogP contribution in [0.1, 0.15) is 12.2 Å². The summed E-state index contributed by atoms with van der Waals surface area (Å²) in [5.74, 6) is 1.30. The van der Waals surface area contributed by atoms with E-state index in [2.05, 4.69) is 5.32 Å². The third-order valence-electron chi connectivity index (χ3n) is 2.60. The first-order valence-electron chi connectivity index (χ1n) is 5.96. The molecule has 4 heteroatoms. The maximum Gasteiger partial charge on any atom is 0.134 e. The topological polar surface area (TPSA) is 45.4 Å². The summed E-state index contributed by atoms with van der Waals surface area (Å²) in [6.45, 7) is 1.57. The molecule has 0 atom stereocenters. The molecule has 2 N–H and O–H groups in total. The van der Waals surface area contributed by atoms with Crippen LogP contribution in [0.15, 0.2) is 40.8 Å². The van der Waals surface area contributed by atoms with Gasteiger partial charge >= 0.3 is 0 Å². The SMILES string of the molecule is OCCCNCc1ccc(-c2ccc(F)cc2)o1. The number of nitrogens with one attached hydrogen (secondary N) is 1. The lowest BCUT2D eigenvalue weighted by Gasteiger charge is -2.00. The minimum atomic E-state index is -0.254. The van der Waals surface area contributed by atoms with Crippen LogP contribution in [0.4, 0.5) is 4.39 Å². The molecule has 0 radical (unpaired) electrons. The van der Waals surface area contributed by atoms with Crippen molar-refractivity contribution in [2.75, 3.05) is 13.2 Å². The fourth-order valence-electron chi connectivity index (χ4n) is 1.66. The van der Waals surface area contributed by atoms with Crippen LogP contribution in [0.5, 0.6) is 0 Å². The van der Waals surface area contributed by atoms with Crippen LogP contribution in [0.2, 0.25) is 0 Å². The van der Waals surface area contributed by atoms with Crippen molar-refractivity contribution in [2.24, 2.45) is 0 Å². The Morgan fingerprint density at radius 3 is 2.61 bits per heavy atom. The van der Waals surface area contributed by atoms with Crippen molar-refractivity contribution in [1.82, 2.24) is 5.32 Å². The fourth-order valence-corrected chi connectivity index (χ4v) is 1.66. The molecule has 2 rings (SSSR count). The molecular formula is C14H16FNO2. The zero-order valence-corrected chi connectivity index (χ0v) is 10.0. The van der Waals surface area contributed by atoms with Gasteiger partial charge in [-0.25, -0.2) is 4.39 Å². The highest BCUT2D eigenvalue weighted by molar-refractivity contribution is 5.57. The Kier molecular flexibility index (Phi) is 4.50. The summed E-state index contributed by atoms with van der Waals surface area (Å²) in [7, 11) is 0. The van der Waals surface area contributed by atoms with Gasteiger partial charge in [0, 0.05) is 12.2 Å². The van der Waals surface area contributed by atoms with E-state index in [1.165, 1.54) is 12.1 Å². The summed E-state index contributed by atoms with van der Waals surface area (Å²) in [5.41, 5.74) is 0.859. The lowest BCUT2D eigenvalue weighted by molar-refractivity contribution is 0.285. The number of aliphatic hydroxyl groups is 1. The van der Waals surface area contributed by atoms with Gasteiger partial charge in [0.1, 0.15) is 17.3 Å². The van der Waals surface area contributed by atoms with Gasteiger partial charge in [-0.1, -0.05) is 0 Å². The molecule has 0 bridgehead atoms. The van der Waals surface area contributed by atoms with Crippen LogP contribution in [0.25, 0.3) is 11.3 Å². The molecule has 18 heavy (non-hydrogen) atoms. The third kappa shape index (κ3) is 3.42. The van der Waals surface area contributed by atoms with E-state index in [-0.39, 0.29) is 12.4 Å². The van der Waals surface area contributed by atoms with Crippen molar-refractivity contribution in [3.05, 3.63) is 48.0 Å². The lowest BCUT2D eigenvalue weighted by atomic mass is 10.2. The van der Waals surface area contributed by atoms with Gasteiger partial charge in [0.25, 0.3) is 0 Å². The van der Waals surface area contributed by atoms with E-state index in [9.17, 15) is 4.39 Å². The van der Waals surface area contributed by atoms with E-state index in [1.807, 2.05) is 12.1 Å². The summed E-state index contributed by atoms with van der Waals surface area (Å²) >= 11 is 0. The van der Waals surface area contributed by atoms with Gasteiger partial charge in [-0.05, 0) is 49.4 Å². The summed E-state index contributed by atoms with van der Waals surface area (Å²) in [4.78, 5) is 0. The molecular weight excluding hydrogens is 233 g/mol. The second kappa shape index (κ2) is 6.33. The zero-order chi connectivity index (χ0) is 12.8. The van der Waals surface area contributed by atoms with Crippen LogP contribution in [0.3, 0.4) is 0 Å². The first-order chi connectivity index (χ1) is 8.79. The Hall–Kier alpha value is -1.65. The summed E-state index contributed by atoms with van der Waals surface area (Å²) in [5, 5.41) is 11.8. The second-order valence-corrected chi connectivity index (χ2v) is 4.03. The van der Waals surface area contributed by atoms with Crippen molar-refractivity contribution in [1.29, 1.82) is 0 Å². The molecule has 0 aliphatic rings. The van der Waals surface area contributed by atoms with E-state index < -0.39 is 0 Å². The molecule has 0 aliphatic heterocycles. The Bertz CT molecular complexity index is 479. The van der Waals surface area contributed by atoms with Crippen molar-refractivity contribution in [2.45, 2.75) is 13.0 Å². The van der Waals surface area contributed by atoms with E-state index in [4.69, 9.17) is 9.52 Å². The van der Waals surface area contributed by atoms with Crippen LogP contribution >= 0.6 is 0 Å². The molecule has 0 saturated heterocycles. The Morgan fingerprint density at radius 2 is 1.89 bits per heavy atom. The first-order valence-corrected chi connectivity index (χ1v) is 5.96. The van der Waals surface area contributed by atoms with E-state index in [0.29, 0.717) is 6.54 Å². The molecule has 96 valence electrons. The number of furan rings is 1. The van der Waals surface area contributed by atoms with Crippen molar-refractivity contribution in [3.8, 4) is 11.3 Å². The number of aliphatic hydroxyl groups excluding tert-OH is 1. The summed E-state index contributed by atoms with van der Waals surface area (Å²) in [6.07, 6.45) is 0.728. The highest BCUT2D eigenvalue weighted by Gasteiger charge is 2.04. The van der Waals surface area contributed by atoms with Gasteiger partial charge in [0.15, 0.2) is 0 Å². The largest absolute Gasteiger partial charge is 0.460 e. The van der Waals surface area contributed by atoms with Gasteiger partial charge in [0.05, 0.1) is 6.54 Å². The zero-order valence-electron chi connectivity index (χ0n) is 10.0. The van der Waals surface area contributed by atoms with Crippen LogP contribution in [-0.4, -0.2) is 18.3 Å². The van der Waals surface area contributed by atoms with Crippen molar-refractivity contribution < 1.29 is 13.9 Å². The average molecular weight is 249 g/mol. The molecule has 0 saturated carbocycles. The standard InChI is InChI=1S/C14H16FNO2/c15-12-4-2-11(3-5-12)14-7-6-13(18-14)10-16-8-1-9-17/h2-7,16-17H,1,8-10H2. The van der Waals surface area contributed by atoms with Gasteiger partial charge in [-0.3, -0.25) is 0 Å². The number of halogens is 1. The fraction of sp³-hybridized carbons (Fsp3) is 0.286. The van der Waals surface area contributed by atoms with E-state index in [0.717, 1.165) is 30.0 Å². The monoisotopic (exact) mass is 249 g/mol. The Morgan fingerprint density at radius 1 is 1.11 bits per heavy atom. The van der Waals surface area contributed by atoms with E-state index in [1.54, 1.807) is 12.1 Å². The number of rotatable bonds is 6. The Labute approximate surface area is 105 Å². The molecule has 2 aromatic rings. The predicted molar refractivity (Wildman–Crippen MR) is 67.5 cm³/mol. The highest BCUT2D eigenvalue weighted by atomic mass is 19.1. The average Bonchev–Trinajstić information content (AvgIpc) is 2.84. The molecule has 1 heterocycles. The molecule has 0 aliphatic carbocycles. The number of benzene rings is 1. The van der Waals surface area contributed by atoms with Gasteiger partial charge in [0.2, 0.25) is 0 Å². The lowest BCUT2D eigenvalue weighted by Crippen LogP contribution is -2.15. The van der Waals surface area contributed by atoms with Crippen LogP contribution in [0, 0.1) is 5.82 Å². The molecule has 0 fully saturated rings. The third-order valence-corrected chi connectivity index (χ3v) is 2.60.